The Balaban J connectivity index is 2.44. The molecule has 1 heterocycles. The van der Waals surface area contributed by atoms with Crippen LogP contribution in [0, 0.1) is 0 Å². The van der Waals surface area contributed by atoms with Crippen LogP contribution in [-0.4, -0.2) is 31.6 Å². The van der Waals surface area contributed by atoms with Crippen LogP contribution >= 0.6 is 11.3 Å². The van der Waals surface area contributed by atoms with E-state index in [0.717, 1.165) is 18.0 Å². The van der Waals surface area contributed by atoms with Crippen LogP contribution in [0.2, 0.25) is 0 Å². The molecule has 0 aliphatic carbocycles. The Bertz CT molecular complexity index is 394. The summed E-state index contributed by atoms with van der Waals surface area (Å²) in [4.78, 5) is 23.6. The van der Waals surface area contributed by atoms with Crippen molar-refractivity contribution in [2.45, 2.75) is 19.4 Å². The average Bonchev–Trinajstić information content (AvgIpc) is 2.87. The number of rotatable bonds is 8. The lowest BCUT2D eigenvalue weighted by atomic mass is 10.1. The highest BCUT2D eigenvalue weighted by Gasteiger charge is 2.17. The first-order valence-electron chi connectivity index (χ1n) is 6.20. The number of primary amides is 1. The molecule has 0 bridgehead atoms. The molecule has 1 atom stereocenters. The van der Waals surface area contributed by atoms with E-state index in [9.17, 15) is 9.59 Å². The summed E-state index contributed by atoms with van der Waals surface area (Å²) in [5, 5.41) is 10.4. The number of hydrogen-bond acceptors (Lipinski definition) is 4. The second-order valence-electron chi connectivity index (χ2n) is 3.98. The van der Waals surface area contributed by atoms with E-state index in [1.807, 2.05) is 24.4 Å². The van der Waals surface area contributed by atoms with Crippen molar-refractivity contribution < 1.29 is 9.59 Å². The van der Waals surface area contributed by atoms with Gasteiger partial charge in [0.1, 0.15) is 0 Å². The third kappa shape index (κ3) is 6.21. The van der Waals surface area contributed by atoms with E-state index in [-0.39, 0.29) is 18.4 Å². The maximum Gasteiger partial charge on any atom is 0.312 e. The summed E-state index contributed by atoms with van der Waals surface area (Å²) in [5.74, 6) is -0.106. The van der Waals surface area contributed by atoms with Crippen molar-refractivity contribution in [3.8, 4) is 0 Å². The van der Waals surface area contributed by atoms with Crippen molar-refractivity contribution in [1.82, 2.24) is 16.0 Å². The fraction of sp³-hybridized carbons (Fsp3) is 0.500. The SMILES string of the molecule is CCNCCNC(=O)CC(NC(N)=O)c1cccs1. The third-order valence-corrected chi connectivity index (χ3v) is 3.45. The lowest BCUT2D eigenvalue weighted by Crippen LogP contribution is -2.37. The van der Waals surface area contributed by atoms with Crippen LogP contribution < -0.4 is 21.7 Å². The zero-order valence-electron chi connectivity index (χ0n) is 10.9. The topological polar surface area (TPSA) is 96.2 Å². The summed E-state index contributed by atoms with van der Waals surface area (Å²) in [5.41, 5.74) is 5.13. The number of nitrogens with two attached hydrogens (primary N) is 1. The minimum atomic E-state index is -0.626. The van der Waals surface area contributed by atoms with E-state index >= 15 is 0 Å². The summed E-state index contributed by atoms with van der Waals surface area (Å²) in [6.07, 6.45) is 0.190. The van der Waals surface area contributed by atoms with E-state index in [4.69, 9.17) is 5.73 Å². The smallest absolute Gasteiger partial charge is 0.312 e. The summed E-state index contributed by atoms with van der Waals surface area (Å²) < 4.78 is 0. The third-order valence-electron chi connectivity index (χ3n) is 2.47. The Morgan fingerprint density at radius 2 is 2.21 bits per heavy atom. The summed E-state index contributed by atoms with van der Waals surface area (Å²) >= 11 is 1.48. The van der Waals surface area contributed by atoms with Crippen LogP contribution in [0.25, 0.3) is 0 Å². The number of carbonyl (C=O) groups is 2. The molecule has 19 heavy (non-hydrogen) atoms. The Morgan fingerprint density at radius 3 is 2.79 bits per heavy atom. The van der Waals surface area contributed by atoms with E-state index in [1.54, 1.807) is 0 Å². The van der Waals surface area contributed by atoms with Gasteiger partial charge in [-0.25, -0.2) is 4.79 Å². The number of amides is 3. The Kier molecular flexibility index (Phi) is 6.91. The van der Waals surface area contributed by atoms with E-state index in [0.29, 0.717) is 6.54 Å². The van der Waals surface area contributed by atoms with Crippen LogP contribution in [0.1, 0.15) is 24.3 Å². The second-order valence-corrected chi connectivity index (χ2v) is 4.96. The molecule has 0 aliphatic heterocycles. The highest BCUT2D eigenvalue weighted by atomic mass is 32.1. The molecule has 1 aromatic rings. The quantitative estimate of drug-likeness (QED) is 0.526. The standard InChI is InChI=1S/C12H20N4O2S/c1-2-14-5-6-15-11(17)8-9(16-12(13)18)10-4-3-7-19-10/h3-4,7,9,14H,2,5-6,8H2,1H3,(H,15,17)(H3,13,16,18). The molecule has 7 heteroatoms. The first-order chi connectivity index (χ1) is 9.13. The Labute approximate surface area is 116 Å². The molecule has 0 spiro atoms. The molecule has 0 saturated heterocycles. The van der Waals surface area contributed by atoms with Gasteiger partial charge < -0.3 is 21.7 Å². The number of likely N-dealkylation sites (N-methyl/N-ethyl adjacent to an activating group) is 1. The molecule has 1 aromatic heterocycles. The predicted octanol–water partition coefficient (Wildman–Crippen LogP) is 0.573. The molecule has 1 rings (SSSR count). The summed E-state index contributed by atoms with van der Waals surface area (Å²) in [6.45, 7) is 4.18. The van der Waals surface area contributed by atoms with Gasteiger partial charge in [0, 0.05) is 18.0 Å². The van der Waals surface area contributed by atoms with Gasteiger partial charge in [-0.3, -0.25) is 4.79 Å². The van der Waals surface area contributed by atoms with Gasteiger partial charge in [-0.1, -0.05) is 13.0 Å². The van der Waals surface area contributed by atoms with Gasteiger partial charge in [-0.15, -0.1) is 11.3 Å². The monoisotopic (exact) mass is 284 g/mol. The lowest BCUT2D eigenvalue weighted by Gasteiger charge is -2.15. The van der Waals surface area contributed by atoms with Crippen molar-refractivity contribution in [3.05, 3.63) is 22.4 Å². The second kappa shape index (κ2) is 8.49. The van der Waals surface area contributed by atoms with E-state index < -0.39 is 6.03 Å². The van der Waals surface area contributed by atoms with Crippen LogP contribution in [0.3, 0.4) is 0 Å². The normalized spacial score (nSPS) is 11.8. The molecule has 0 radical (unpaired) electrons. The van der Waals surface area contributed by atoms with Crippen LogP contribution in [-0.2, 0) is 4.79 Å². The zero-order chi connectivity index (χ0) is 14.1. The first kappa shape index (κ1) is 15.5. The van der Waals surface area contributed by atoms with Gasteiger partial charge in [0.15, 0.2) is 0 Å². The molecule has 5 N–H and O–H groups in total. The van der Waals surface area contributed by atoms with E-state index in [2.05, 4.69) is 16.0 Å². The van der Waals surface area contributed by atoms with Gasteiger partial charge in [0.25, 0.3) is 0 Å². The minimum Gasteiger partial charge on any atom is -0.355 e. The maximum atomic E-state index is 11.8. The van der Waals surface area contributed by atoms with Crippen LogP contribution in [0.4, 0.5) is 4.79 Å². The molecular formula is C12H20N4O2S. The van der Waals surface area contributed by atoms with Gasteiger partial charge >= 0.3 is 6.03 Å². The molecule has 1 unspecified atom stereocenters. The average molecular weight is 284 g/mol. The molecule has 0 aromatic carbocycles. The fourth-order valence-corrected chi connectivity index (χ4v) is 2.39. The molecule has 0 fully saturated rings. The highest BCUT2D eigenvalue weighted by molar-refractivity contribution is 7.10. The van der Waals surface area contributed by atoms with Crippen LogP contribution in [0.15, 0.2) is 17.5 Å². The molecule has 0 saturated carbocycles. The van der Waals surface area contributed by atoms with Crippen molar-refractivity contribution in [3.63, 3.8) is 0 Å². The van der Waals surface area contributed by atoms with Gasteiger partial charge in [0.05, 0.1) is 12.5 Å². The highest BCUT2D eigenvalue weighted by Crippen LogP contribution is 2.21. The Hall–Kier alpha value is -1.60. The minimum absolute atomic E-state index is 0.106. The molecule has 106 valence electrons. The number of nitrogens with one attached hydrogen (secondary N) is 3. The maximum absolute atomic E-state index is 11.8. The van der Waals surface area contributed by atoms with Gasteiger partial charge in [0.2, 0.25) is 5.91 Å². The molecular weight excluding hydrogens is 264 g/mol. The first-order valence-corrected chi connectivity index (χ1v) is 7.08. The number of thiophene rings is 1. The zero-order valence-corrected chi connectivity index (χ0v) is 11.8. The molecule has 6 nitrogen and oxygen atoms in total. The van der Waals surface area contributed by atoms with Crippen molar-refractivity contribution in [2.24, 2.45) is 5.73 Å². The Morgan fingerprint density at radius 1 is 1.42 bits per heavy atom. The molecule has 0 aliphatic rings. The van der Waals surface area contributed by atoms with Crippen molar-refractivity contribution in [1.29, 1.82) is 0 Å². The fourth-order valence-electron chi connectivity index (χ4n) is 1.61. The van der Waals surface area contributed by atoms with Crippen molar-refractivity contribution in [2.75, 3.05) is 19.6 Å². The number of carbonyl (C=O) groups excluding carboxylic acids is 2. The number of urea groups is 1. The van der Waals surface area contributed by atoms with Gasteiger partial charge in [-0.2, -0.15) is 0 Å². The van der Waals surface area contributed by atoms with Crippen LogP contribution in [0.5, 0.6) is 0 Å². The molecule has 3 amide bonds. The predicted molar refractivity (Wildman–Crippen MR) is 75.9 cm³/mol. The largest absolute Gasteiger partial charge is 0.355 e. The number of hydrogen-bond donors (Lipinski definition) is 4. The van der Waals surface area contributed by atoms with E-state index in [1.165, 1.54) is 11.3 Å². The van der Waals surface area contributed by atoms with Gasteiger partial charge in [-0.05, 0) is 18.0 Å². The summed E-state index contributed by atoms with van der Waals surface area (Å²) in [6, 6.07) is 2.76. The van der Waals surface area contributed by atoms with Crippen molar-refractivity contribution >= 4 is 23.3 Å². The summed E-state index contributed by atoms with van der Waals surface area (Å²) in [7, 11) is 0. The lowest BCUT2D eigenvalue weighted by molar-refractivity contribution is -0.121.